The van der Waals surface area contributed by atoms with Crippen LogP contribution < -0.4 is 5.32 Å². The lowest BCUT2D eigenvalue weighted by atomic mass is 9.84. The second-order valence-electron chi connectivity index (χ2n) is 5.82. The number of hydrogen-bond donors (Lipinski definition) is 3. The summed E-state index contributed by atoms with van der Waals surface area (Å²) < 4.78 is 0. The van der Waals surface area contributed by atoms with Crippen molar-refractivity contribution in [1.82, 2.24) is 5.32 Å². The zero-order valence-electron chi connectivity index (χ0n) is 11.2. The number of hydrogen-bond acceptors (Lipinski definition) is 3. The minimum atomic E-state index is -0.861. The third-order valence-corrected chi connectivity index (χ3v) is 4.64. The normalized spacial score (nSPS) is 35.0. The monoisotopic (exact) mass is 269 g/mol. The number of carboxylic acid groups (broad SMARTS) is 1. The highest BCUT2D eigenvalue weighted by Crippen LogP contribution is 2.33. The summed E-state index contributed by atoms with van der Waals surface area (Å²) >= 11 is 0. The van der Waals surface area contributed by atoms with Gasteiger partial charge >= 0.3 is 5.97 Å². The molecular weight excluding hydrogens is 246 g/mol. The van der Waals surface area contributed by atoms with Gasteiger partial charge in [0.1, 0.15) is 0 Å². The first kappa shape index (κ1) is 14.3. The Kier molecular flexibility index (Phi) is 4.80. The standard InChI is InChI=1S/C14H23NO4/c16-8-9-4-1-2-7-12(9)15-13(17)10-5-3-6-11(10)14(18)19/h9-12,16H,1-8H2,(H,15,17)(H,18,19)/t9?,10-,11+,12?/m1/s1. The van der Waals surface area contributed by atoms with Crippen molar-refractivity contribution in [3.8, 4) is 0 Å². The second kappa shape index (κ2) is 6.37. The maximum absolute atomic E-state index is 12.2. The average Bonchev–Trinajstić information content (AvgIpc) is 2.88. The van der Waals surface area contributed by atoms with Gasteiger partial charge < -0.3 is 15.5 Å². The van der Waals surface area contributed by atoms with Crippen LogP contribution in [0, 0.1) is 17.8 Å². The van der Waals surface area contributed by atoms with Crippen LogP contribution in [0.3, 0.4) is 0 Å². The number of rotatable bonds is 4. The highest BCUT2D eigenvalue weighted by atomic mass is 16.4. The van der Waals surface area contributed by atoms with Crippen LogP contribution in [0.5, 0.6) is 0 Å². The quantitative estimate of drug-likeness (QED) is 0.714. The van der Waals surface area contributed by atoms with Crippen molar-refractivity contribution in [1.29, 1.82) is 0 Å². The van der Waals surface area contributed by atoms with Gasteiger partial charge in [-0.1, -0.05) is 19.3 Å². The van der Waals surface area contributed by atoms with Crippen LogP contribution in [0.25, 0.3) is 0 Å². The largest absolute Gasteiger partial charge is 0.481 e. The fourth-order valence-electron chi connectivity index (χ4n) is 3.48. The predicted molar refractivity (Wildman–Crippen MR) is 69.4 cm³/mol. The molecule has 2 rings (SSSR count). The van der Waals surface area contributed by atoms with Gasteiger partial charge in [0.15, 0.2) is 0 Å². The molecule has 0 spiro atoms. The van der Waals surface area contributed by atoms with E-state index < -0.39 is 17.8 Å². The summed E-state index contributed by atoms with van der Waals surface area (Å²) in [5.41, 5.74) is 0. The predicted octanol–water partition coefficient (Wildman–Crippen LogP) is 1.15. The number of aliphatic hydroxyl groups excluding tert-OH is 1. The lowest BCUT2D eigenvalue weighted by Gasteiger charge is -2.32. The lowest BCUT2D eigenvalue weighted by molar-refractivity contribution is -0.146. The van der Waals surface area contributed by atoms with E-state index in [0.29, 0.717) is 12.8 Å². The number of nitrogens with one attached hydrogen (secondary N) is 1. The number of aliphatic carboxylic acids is 1. The number of carbonyl (C=O) groups is 2. The van der Waals surface area contributed by atoms with Crippen LogP contribution in [-0.2, 0) is 9.59 Å². The molecule has 0 saturated heterocycles. The van der Waals surface area contributed by atoms with Gasteiger partial charge in [-0.2, -0.15) is 0 Å². The summed E-state index contributed by atoms with van der Waals surface area (Å²) in [5.74, 6) is -1.78. The molecule has 0 bridgehead atoms. The molecule has 2 aliphatic rings. The van der Waals surface area contributed by atoms with Gasteiger partial charge in [0.2, 0.25) is 5.91 Å². The van der Waals surface area contributed by atoms with Gasteiger partial charge in [0.25, 0.3) is 0 Å². The summed E-state index contributed by atoms with van der Waals surface area (Å²) in [5, 5.41) is 21.4. The molecular formula is C14H23NO4. The van der Waals surface area contributed by atoms with Gasteiger partial charge in [-0.3, -0.25) is 9.59 Å². The molecule has 108 valence electrons. The molecule has 4 atom stereocenters. The molecule has 0 radical (unpaired) electrons. The fourth-order valence-corrected chi connectivity index (χ4v) is 3.48. The third-order valence-electron chi connectivity index (χ3n) is 4.64. The molecule has 2 aliphatic carbocycles. The SMILES string of the molecule is O=C(O)[C@H]1CCC[C@H]1C(=O)NC1CCCCC1CO. The third kappa shape index (κ3) is 3.26. The van der Waals surface area contributed by atoms with Crippen molar-refractivity contribution in [2.45, 2.75) is 51.0 Å². The summed E-state index contributed by atoms with van der Waals surface area (Å²) in [4.78, 5) is 23.3. The van der Waals surface area contributed by atoms with Crippen molar-refractivity contribution in [3.05, 3.63) is 0 Å². The average molecular weight is 269 g/mol. The van der Waals surface area contributed by atoms with E-state index in [0.717, 1.165) is 32.1 Å². The molecule has 3 N–H and O–H groups in total. The Bertz CT molecular complexity index is 344. The van der Waals surface area contributed by atoms with Crippen LogP contribution in [0.4, 0.5) is 0 Å². The first-order chi connectivity index (χ1) is 9.13. The number of amides is 1. The van der Waals surface area contributed by atoms with Crippen molar-refractivity contribution in [2.75, 3.05) is 6.61 Å². The Morgan fingerprint density at radius 3 is 2.37 bits per heavy atom. The minimum absolute atomic E-state index is 0.0151. The van der Waals surface area contributed by atoms with Gasteiger partial charge in [-0.05, 0) is 25.7 Å². The highest BCUT2D eigenvalue weighted by Gasteiger charge is 2.39. The lowest BCUT2D eigenvalue weighted by Crippen LogP contribution is -2.46. The van der Waals surface area contributed by atoms with E-state index in [4.69, 9.17) is 5.11 Å². The minimum Gasteiger partial charge on any atom is -0.481 e. The number of aliphatic hydroxyl groups is 1. The van der Waals surface area contributed by atoms with Gasteiger partial charge in [-0.25, -0.2) is 0 Å². The van der Waals surface area contributed by atoms with E-state index in [1.165, 1.54) is 0 Å². The molecule has 19 heavy (non-hydrogen) atoms. The summed E-state index contributed by atoms with van der Waals surface area (Å²) in [7, 11) is 0. The highest BCUT2D eigenvalue weighted by molar-refractivity contribution is 5.85. The molecule has 5 heteroatoms. The van der Waals surface area contributed by atoms with E-state index in [-0.39, 0.29) is 24.5 Å². The molecule has 5 nitrogen and oxygen atoms in total. The van der Waals surface area contributed by atoms with Gasteiger partial charge in [0, 0.05) is 18.6 Å². The number of carbonyl (C=O) groups excluding carboxylic acids is 1. The van der Waals surface area contributed by atoms with E-state index >= 15 is 0 Å². The van der Waals surface area contributed by atoms with Crippen LogP contribution in [0.1, 0.15) is 44.9 Å². The van der Waals surface area contributed by atoms with Gasteiger partial charge in [-0.15, -0.1) is 0 Å². The van der Waals surface area contributed by atoms with E-state index in [9.17, 15) is 14.7 Å². The van der Waals surface area contributed by atoms with Crippen molar-refractivity contribution < 1.29 is 19.8 Å². The Labute approximate surface area is 113 Å². The van der Waals surface area contributed by atoms with Gasteiger partial charge in [0.05, 0.1) is 11.8 Å². The Morgan fingerprint density at radius 2 is 1.68 bits per heavy atom. The van der Waals surface area contributed by atoms with Crippen molar-refractivity contribution in [2.24, 2.45) is 17.8 Å². The molecule has 1 amide bonds. The topological polar surface area (TPSA) is 86.6 Å². The van der Waals surface area contributed by atoms with E-state index in [1.807, 2.05) is 0 Å². The molecule has 0 aromatic rings. The maximum Gasteiger partial charge on any atom is 0.307 e. The molecule has 2 unspecified atom stereocenters. The van der Waals surface area contributed by atoms with Crippen molar-refractivity contribution >= 4 is 11.9 Å². The van der Waals surface area contributed by atoms with Crippen LogP contribution >= 0.6 is 0 Å². The fraction of sp³-hybridized carbons (Fsp3) is 0.857. The van der Waals surface area contributed by atoms with Crippen molar-refractivity contribution in [3.63, 3.8) is 0 Å². The summed E-state index contributed by atoms with van der Waals surface area (Å²) in [6.45, 7) is 0.0952. The summed E-state index contributed by atoms with van der Waals surface area (Å²) in [6, 6.07) is 0.0151. The Balaban J connectivity index is 1.94. The zero-order chi connectivity index (χ0) is 13.8. The molecule has 0 aromatic heterocycles. The molecule has 2 fully saturated rings. The molecule has 0 aliphatic heterocycles. The Hall–Kier alpha value is -1.10. The molecule has 0 aromatic carbocycles. The first-order valence-electron chi connectivity index (χ1n) is 7.27. The zero-order valence-corrected chi connectivity index (χ0v) is 11.2. The van der Waals surface area contributed by atoms with E-state index in [1.54, 1.807) is 0 Å². The smallest absolute Gasteiger partial charge is 0.307 e. The number of carboxylic acids is 1. The van der Waals surface area contributed by atoms with Crippen LogP contribution in [0.15, 0.2) is 0 Å². The Morgan fingerprint density at radius 1 is 1.00 bits per heavy atom. The van der Waals surface area contributed by atoms with E-state index in [2.05, 4.69) is 5.32 Å². The first-order valence-corrected chi connectivity index (χ1v) is 7.27. The maximum atomic E-state index is 12.2. The summed E-state index contributed by atoms with van der Waals surface area (Å²) in [6.07, 6.45) is 6.06. The second-order valence-corrected chi connectivity index (χ2v) is 5.82. The molecule has 2 saturated carbocycles. The van der Waals surface area contributed by atoms with Crippen LogP contribution in [0.2, 0.25) is 0 Å². The van der Waals surface area contributed by atoms with Crippen LogP contribution in [-0.4, -0.2) is 34.7 Å². The molecule has 0 heterocycles.